The van der Waals surface area contributed by atoms with Gasteiger partial charge in [0.05, 0.1) is 29.2 Å². The lowest BCUT2D eigenvalue weighted by atomic mass is 9.70. The van der Waals surface area contributed by atoms with E-state index in [1.54, 1.807) is 38.6 Å². The quantitative estimate of drug-likeness (QED) is 0.245. The number of benzene rings is 2. The van der Waals surface area contributed by atoms with Crippen LogP contribution in [0.15, 0.2) is 86.0 Å². The summed E-state index contributed by atoms with van der Waals surface area (Å²) in [5.41, 5.74) is 1.72. The summed E-state index contributed by atoms with van der Waals surface area (Å²) >= 11 is 5.49. The SMILES string of the molecule is C=CCN(Cc1ccccc1)C(=O)C1N([C@H](CO)c2ccccc2)C(=O)[C@@H]2[C@@H](C(=O)N(CC=C)CCC)[C@@H]3SC12CC3Br. The first-order valence-corrected chi connectivity index (χ1v) is 16.8. The summed E-state index contributed by atoms with van der Waals surface area (Å²) in [5.74, 6) is -1.75. The van der Waals surface area contributed by atoms with E-state index in [-0.39, 0.29) is 34.4 Å². The number of carbonyl (C=O) groups is 3. The topological polar surface area (TPSA) is 81.2 Å². The number of rotatable bonds is 13. The van der Waals surface area contributed by atoms with Gasteiger partial charge in [0, 0.05) is 36.3 Å². The Balaban J connectivity index is 1.62. The van der Waals surface area contributed by atoms with E-state index < -0.39 is 28.7 Å². The van der Waals surface area contributed by atoms with Crippen LogP contribution in [0.1, 0.15) is 36.9 Å². The molecule has 0 aliphatic carbocycles. The summed E-state index contributed by atoms with van der Waals surface area (Å²) in [6.07, 6.45) is 4.78. The number of aliphatic hydroxyl groups excluding tert-OH is 1. The number of amides is 3. The van der Waals surface area contributed by atoms with Gasteiger partial charge in [0.15, 0.2) is 0 Å². The van der Waals surface area contributed by atoms with Crippen molar-refractivity contribution in [2.45, 2.75) is 53.2 Å². The second kappa shape index (κ2) is 13.4. The Kier molecular flexibility index (Phi) is 9.83. The minimum absolute atomic E-state index is 0.0377. The molecule has 3 saturated heterocycles. The third kappa shape index (κ3) is 5.60. The van der Waals surface area contributed by atoms with Gasteiger partial charge in [-0.1, -0.05) is 95.7 Å². The van der Waals surface area contributed by atoms with Crippen molar-refractivity contribution in [1.82, 2.24) is 14.7 Å². The summed E-state index contributed by atoms with van der Waals surface area (Å²) in [7, 11) is 0. The first kappa shape index (κ1) is 31.5. The van der Waals surface area contributed by atoms with Gasteiger partial charge in [-0.05, 0) is 24.0 Å². The van der Waals surface area contributed by atoms with Gasteiger partial charge in [-0.15, -0.1) is 24.9 Å². The summed E-state index contributed by atoms with van der Waals surface area (Å²) in [6, 6.07) is 17.5. The molecule has 7 atom stereocenters. The Morgan fingerprint density at radius 1 is 1.07 bits per heavy atom. The number of nitrogens with zero attached hydrogens (tertiary/aromatic N) is 3. The van der Waals surface area contributed by atoms with Crippen LogP contribution in [0.25, 0.3) is 0 Å². The molecule has 9 heteroatoms. The van der Waals surface area contributed by atoms with Crippen molar-refractivity contribution in [3.8, 4) is 0 Å². The molecule has 2 aromatic carbocycles. The highest BCUT2D eigenvalue weighted by molar-refractivity contribution is 9.09. The molecule has 2 aromatic rings. The number of carbonyl (C=O) groups excluding carboxylic acids is 3. The van der Waals surface area contributed by atoms with Gasteiger partial charge in [0.25, 0.3) is 0 Å². The lowest BCUT2D eigenvalue weighted by Crippen LogP contribution is -2.56. The Morgan fingerprint density at radius 2 is 1.70 bits per heavy atom. The molecular weight excluding hydrogens is 626 g/mol. The van der Waals surface area contributed by atoms with Gasteiger partial charge in [0.1, 0.15) is 6.04 Å². The lowest BCUT2D eigenvalue weighted by Gasteiger charge is -2.40. The van der Waals surface area contributed by atoms with Crippen LogP contribution in [0.2, 0.25) is 0 Å². The van der Waals surface area contributed by atoms with Crippen molar-refractivity contribution in [3.05, 3.63) is 97.1 Å². The van der Waals surface area contributed by atoms with Crippen LogP contribution in [0.3, 0.4) is 0 Å². The second-order valence-electron chi connectivity index (χ2n) is 11.6. The number of likely N-dealkylation sites (tertiary alicyclic amines) is 1. The van der Waals surface area contributed by atoms with E-state index in [1.807, 2.05) is 67.6 Å². The van der Waals surface area contributed by atoms with Gasteiger partial charge in [0.2, 0.25) is 17.7 Å². The van der Waals surface area contributed by atoms with Crippen LogP contribution < -0.4 is 0 Å². The molecule has 3 amide bonds. The van der Waals surface area contributed by atoms with Crippen LogP contribution in [0.5, 0.6) is 0 Å². The summed E-state index contributed by atoms with van der Waals surface area (Å²) in [5, 5.41) is 10.6. The van der Waals surface area contributed by atoms with E-state index in [1.165, 1.54) is 0 Å². The van der Waals surface area contributed by atoms with Crippen molar-refractivity contribution in [2.24, 2.45) is 11.8 Å². The van der Waals surface area contributed by atoms with E-state index in [4.69, 9.17) is 0 Å². The smallest absolute Gasteiger partial charge is 0.247 e. The number of aliphatic hydroxyl groups is 1. The zero-order valence-corrected chi connectivity index (χ0v) is 27.0. The first-order chi connectivity index (χ1) is 20.8. The normalized spacial score (nSPS) is 27.9. The van der Waals surface area contributed by atoms with Gasteiger partial charge < -0.3 is 19.8 Å². The van der Waals surface area contributed by atoms with E-state index in [0.717, 1.165) is 17.5 Å². The summed E-state index contributed by atoms with van der Waals surface area (Å²) in [6.45, 7) is 11.1. The molecule has 3 aliphatic heterocycles. The summed E-state index contributed by atoms with van der Waals surface area (Å²) in [4.78, 5) is 49.0. The third-order valence-electron chi connectivity index (χ3n) is 8.97. The largest absolute Gasteiger partial charge is 0.394 e. The molecule has 3 heterocycles. The Hall–Kier alpha value is -2.88. The fourth-order valence-electron chi connectivity index (χ4n) is 7.29. The Morgan fingerprint density at radius 3 is 2.30 bits per heavy atom. The maximum Gasteiger partial charge on any atom is 0.247 e. The highest BCUT2D eigenvalue weighted by atomic mass is 79.9. The molecule has 43 heavy (non-hydrogen) atoms. The highest BCUT2D eigenvalue weighted by Crippen LogP contribution is 2.68. The maximum atomic E-state index is 14.9. The van der Waals surface area contributed by atoms with Crippen molar-refractivity contribution in [3.63, 3.8) is 0 Å². The Labute approximate surface area is 267 Å². The first-order valence-electron chi connectivity index (χ1n) is 15.0. The van der Waals surface area contributed by atoms with E-state index in [9.17, 15) is 19.5 Å². The molecule has 7 nitrogen and oxygen atoms in total. The molecule has 2 bridgehead atoms. The van der Waals surface area contributed by atoms with Crippen LogP contribution in [0.4, 0.5) is 0 Å². The fraction of sp³-hybridized carbons (Fsp3) is 0.441. The predicted molar refractivity (Wildman–Crippen MR) is 174 cm³/mol. The molecule has 228 valence electrons. The van der Waals surface area contributed by atoms with Gasteiger partial charge in [-0.3, -0.25) is 14.4 Å². The van der Waals surface area contributed by atoms with Crippen LogP contribution in [-0.4, -0.2) is 84.6 Å². The molecule has 0 saturated carbocycles. The number of hydrogen-bond acceptors (Lipinski definition) is 5. The van der Waals surface area contributed by atoms with Gasteiger partial charge >= 0.3 is 0 Å². The Bertz CT molecular complexity index is 1340. The van der Waals surface area contributed by atoms with Crippen molar-refractivity contribution < 1.29 is 19.5 Å². The number of halogens is 1. The number of hydrogen-bond donors (Lipinski definition) is 1. The average molecular weight is 667 g/mol. The van der Waals surface area contributed by atoms with Crippen LogP contribution in [0, 0.1) is 11.8 Å². The number of fused-ring (bicyclic) bond motifs is 1. The van der Waals surface area contributed by atoms with Gasteiger partial charge in [-0.2, -0.15) is 0 Å². The minimum Gasteiger partial charge on any atom is -0.394 e. The molecule has 3 aliphatic rings. The molecule has 3 unspecified atom stereocenters. The standard InChI is InChI=1S/C34H40BrN3O4S/c1-4-17-36(18-5-2)31(40)27-28-32(41)38(26(22-39)24-15-11-8-12-16-24)30(34(28)20-25(35)29(27)43-34)33(42)37(19-6-3)21-23-13-9-7-10-14-23/h4,6-16,25-30,39H,1,3,5,17-22H2,2H3/t25?,26-,27-,28+,29-,30?,34?/m1/s1. The molecule has 5 rings (SSSR count). The van der Waals surface area contributed by atoms with Gasteiger partial charge in [-0.25, -0.2) is 0 Å². The zero-order valence-electron chi connectivity index (χ0n) is 24.6. The molecule has 1 spiro atoms. The van der Waals surface area contributed by atoms with Crippen molar-refractivity contribution in [1.29, 1.82) is 0 Å². The summed E-state index contributed by atoms with van der Waals surface area (Å²) < 4.78 is -0.822. The fourth-order valence-corrected chi connectivity index (χ4v) is 10.9. The van der Waals surface area contributed by atoms with Crippen molar-refractivity contribution >= 4 is 45.4 Å². The second-order valence-corrected chi connectivity index (χ2v) is 14.3. The zero-order chi connectivity index (χ0) is 30.7. The molecular formula is C34H40BrN3O4S. The molecule has 0 aromatic heterocycles. The highest BCUT2D eigenvalue weighted by Gasteiger charge is 2.76. The third-order valence-corrected chi connectivity index (χ3v) is 12.2. The minimum atomic E-state index is -0.863. The monoisotopic (exact) mass is 665 g/mol. The van der Waals surface area contributed by atoms with Crippen LogP contribution >= 0.6 is 27.7 Å². The molecule has 1 N–H and O–H groups in total. The lowest BCUT2D eigenvalue weighted by molar-refractivity contribution is -0.147. The maximum absolute atomic E-state index is 14.9. The van der Waals surface area contributed by atoms with Crippen LogP contribution in [-0.2, 0) is 20.9 Å². The van der Waals surface area contributed by atoms with E-state index in [2.05, 4.69) is 29.1 Å². The average Bonchev–Trinajstić information content (AvgIpc) is 3.61. The number of thioether (sulfide) groups is 1. The van der Waals surface area contributed by atoms with Crippen molar-refractivity contribution in [2.75, 3.05) is 26.2 Å². The van der Waals surface area contributed by atoms with E-state index in [0.29, 0.717) is 32.6 Å². The predicted octanol–water partition coefficient (Wildman–Crippen LogP) is 4.82. The number of alkyl halides is 1. The van der Waals surface area contributed by atoms with E-state index >= 15 is 0 Å². The molecule has 3 fully saturated rings. The molecule has 0 radical (unpaired) electrons.